The van der Waals surface area contributed by atoms with Crippen molar-refractivity contribution < 1.29 is 0 Å². The predicted octanol–water partition coefficient (Wildman–Crippen LogP) is 1.77. The largest absolute Gasteiger partial charge is 0.310 e. The Morgan fingerprint density at radius 3 is 3.06 bits per heavy atom. The molecular formula is C11H16N4S. The molecule has 1 atom stereocenters. The van der Waals surface area contributed by atoms with Crippen molar-refractivity contribution >= 4 is 11.3 Å². The molecule has 0 bridgehead atoms. The second kappa shape index (κ2) is 5.23. The highest BCUT2D eigenvalue weighted by Gasteiger charge is 2.07. The van der Waals surface area contributed by atoms with Crippen molar-refractivity contribution in [3.63, 3.8) is 0 Å². The van der Waals surface area contributed by atoms with Gasteiger partial charge < -0.3 is 5.32 Å². The fraction of sp³-hybridized carbons (Fsp3) is 0.455. The molecule has 4 nitrogen and oxygen atoms in total. The van der Waals surface area contributed by atoms with Crippen molar-refractivity contribution in [1.82, 2.24) is 20.1 Å². The quantitative estimate of drug-likeness (QED) is 0.860. The minimum Gasteiger partial charge on any atom is -0.310 e. The number of hydrogen-bond donors (Lipinski definition) is 1. The molecule has 1 N–H and O–H groups in total. The van der Waals surface area contributed by atoms with E-state index in [1.54, 1.807) is 11.3 Å². The maximum atomic E-state index is 4.31. The molecule has 0 fully saturated rings. The van der Waals surface area contributed by atoms with Crippen molar-refractivity contribution in [1.29, 1.82) is 0 Å². The van der Waals surface area contributed by atoms with Crippen LogP contribution in [-0.4, -0.2) is 21.3 Å². The minimum atomic E-state index is 0.462. The van der Waals surface area contributed by atoms with E-state index in [9.17, 15) is 0 Å². The summed E-state index contributed by atoms with van der Waals surface area (Å²) < 4.78 is 1.82. The van der Waals surface area contributed by atoms with Gasteiger partial charge in [0.15, 0.2) is 0 Å². The fourth-order valence-electron chi connectivity index (χ4n) is 1.54. The molecule has 16 heavy (non-hydrogen) atoms. The molecule has 2 heterocycles. The number of aromatic nitrogens is 3. The second-order valence-electron chi connectivity index (χ2n) is 3.88. The Labute approximate surface area is 99.3 Å². The molecule has 5 heteroatoms. The van der Waals surface area contributed by atoms with Gasteiger partial charge in [-0.15, -0.1) is 11.3 Å². The monoisotopic (exact) mass is 236 g/mol. The van der Waals surface area contributed by atoms with Gasteiger partial charge in [0.1, 0.15) is 0 Å². The zero-order chi connectivity index (χ0) is 11.4. The first kappa shape index (κ1) is 11.3. The summed E-state index contributed by atoms with van der Waals surface area (Å²) in [6.45, 7) is 3.94. The van der Waals surface area contributed by atoms with Crippen LogP contribution >= 0.6 is 11.3 Å². The molecular weight excluding hydrogens is 220 g/mol. The van der Waals surface area contributed by atoms with Crippen molar-refractivity contribution in [3.05, 3.63) is 34.5 Å². The summed E-state index contributed by atoms with van der Waals surface area (Å²) in [4.78, 5) is 4.30. The zero-order valence-corrected chi connectivity index (χ0v) is 10.4. The average Bonchev–Trinajstić information content (AvgIpc) is 2.89. The maximum absolute atomic E-state index is 4.31. The van der Waals surface area contributed by atoms with Crippen LogP contribution in [0.5, 0.6) is 0 Å². The maximum Gasteiger partial charge on any atom is 0.0965 e. The molecule has 86 valence electrons. The van der Waals surface area contributed by atoms with E-state index in [2.05, 4.69) is 22.3 Å². The standard InChI is InChI=1S/C11H16N4S/c1-9(11-13-4-6-16-11)7-12-8-10-3-5-15(2)14-10/h3-6,9,12H,7-8H2,1-2H3. The molecule has 0 saturated carbocycles. The van der Waals surface area contributed by atoms with E-state index in [-0.39, 0.29) is 0 Å². The van der Waals surface area contributed by atoms with E-state index in [1.807, 2.05) is 35.6 Å². The number of nitrogens with zero attached hydrogens (tertiary/aromatic N) is 3. The summed E-state index contributed by atoms with van der Waals surface area (Å²) >= 11 is 1.71. The van der Waals surface area contributed by atoms with Crippen LogP contribution in [0.1, 0.15) is 23.5 Å². The van der Waals surface area contributed by atoms with E-state index in [0.29, 0.717) is 5.92 Å². The Morgan fingerprint density at radius 1 is 1.56 bits per heavy atom. The third-order valence-electron chi connectivity index (χ3n) is 2.40. The Balaban J connectivity index is 1.76. The highest BCUT2D eigenvalue weighted by molar-refractivity contribution is 7.09. The van der Waals surface area contributed by atoms with Crippen LogP contribution in [0.4, 0.5) is 0 Å². The minimum absolute atomic E-state index is 0.462. The average molecular weight is 236 g/mol. The van der Waals surface area contributed by atoms with E-state index < -0.39 is 0 Å². The Kier molecular flexibility index (Phi) is 3.69. The van der Waals surface area contributed by atoms with Gasteiger partial charge in [-0.3, -0.25) is 4.68 Å². The van der Waals surface area contributed by atoms with Crippen LogP contribution in [0.25, 0.3) is 0 Å². The van der Waals surface area contributed by atoms with Gasteiger partial charge >= 0.3 is 0 Å². The summed E-state index contributed by atoms with van der Waals surface area (Å²) in [7, 11) is 1.93. The highest BCUT2D eigenvalue weighted by Crippen LogP contribution is 2.16. The first-order chi connectivity index (χ1) is 7.75. The zero-order valence-electron chi connectivity index (χ0n) is 9.55. The van der Waals surface area contributed by atoms with Gasteiger partial charge in [0, 0.05) is 43.8 Å². The Hall–Kier alpha value is -1.20. The van der Waals surface area contributed by atoms with Crippen molar-refractivity contribution in [3.8, 4) is 0 Å². The normalized spacial score (nSPS) is 12.9. The van der Waals surface area contributed by atoms with Crippen LogP contribution in [0.15, 0.2) is 23.8 Å². The molecule has 0 aromatic carbocycles. The number of hydrogen-bond acceptors (Lipinski definition) is 4. The number of rotatable bonds is 5. The summed E-state index contributed by atoms with van der Waals surface area (Å²) in [5.74, 6) is 0.462. The van der Waals surface area contributed by atoms with Crippen LogP contribution < -0.4 is 5.32 Å². The first-order valence-corrected chi connectivity index (χ1v) is 6.22. The number of aryl methyl sites for hydroxylation is 1. The summed E-state index contributed by atoms with van der Waals surface area (Å²) in [6.07, 6.45) is 3.82. The van der Waals surface area contributed by atoms with Crippen LogP contribution in [0, 0.1) is 0 Å². The number of thiazole rings is 1. The first-order valence-electron chi connectivity index (χ1n) is 5.34. The number of nitrogens with one attached hydrogen (secondary N) is 1. The molecule has 0 aliphatic rings. The summed E-state index contributed by atoms with van der Waals surface area (Å²) in [6, 6.07) is 2.03. The second-order valence-corrected chi connectivity index (χ2v) is 4.81. The molecule has 0 aliphatic heterocycles. The lowest BCUT2D eigenvalue weighted by molar-refractivity contribution is 0.599. The third-order valence-corrected chi connectivity index (χ3v) is 3.41. The van der Waals surface area contributed by atoms with Crippen LogP contribution in [0.3, 0.4) is 0 Å². The smallest absolute Gasteiger partial charge is 0.0965 e. The van der Waals surface area contributed by atoms with Gasteiger partial charge in [0.2, 0.25) is 0 Å². The van der Waals surface area contributed by atoms with Gasteiger partial charge in [0.25, 0.3) is 0 Å². The van der Waals surface area contributed by atoms with Gasteiger partial charge in [0.05, 0.1) is 10.7 Å². The van der Waals surface area contributed by atoms with E-state index in [1.165, 1.54) is 5.01 Å². The molecule has 0 spiro atoms. The molecule has 0 aliphatic carbocycles. The van der Waals surface area contributed by atoms with Gasteiger partial charge in [-0.05, 0) is 6.07 Å². The van der Waals surface area contributed by atoms with Crippen molar-refractivity contribution in [2.75, 3.05) is 6.54 Å². The lowest BCUT2D eigenvalue weighted by Gasteiger charge is -2.08. The summed E-state index contributed by atoms with van der Waals surface area (Å²) in [5.41, 5.74) is 1.08. The molecule has 2 aromatic rings. The molecule has 2 aromatic heterocycles. The van der Waals surface area contributed by atoms with Gasteiger partial charge in [-0.2, -0.15) is 5.10 Å². The fourth-order valence-corrected chi connectivity index (χ4v) is 2.24. The Morgan fingerprint density at radius 2 is 2.44 bits per heavy atom. The summed E-state index contributed by atoms with van der Waals surface area (Å²) in [5, 5.41) is 10.9. The van der Waals surface area contributed by atoms with Crippen molar-refractivity contribution in [2.24, 2.45) is 7.05 Å². The van der Waals surface area contributed by atoms with Gasteiger partial charge in [-0.25, -0.2) is 4.98 Å². The van der Waals surface area contributed by atoms with Crippen molar-refractivity contribution in [2.45, 2.75) is 19.4 Å². The van der Waals surface area contributed by atoms with E-state index in [4.69, 9.17) is 0 Å². The van der Waals surface area contributed by atoms with Crippen LogP contribution in [-0.2, 0) is 13.6 Å². The molecule has 0 radical (unpaired) electrons. The molecule has 0 saturated heterocycles. The van der Waals surface area contributed by atoms with E-state index in [0.717, 1.165) is 18.8 Å². The Bertz CT molecular complexity index is 421. The SMILES string of the molecule is CC(CNCc1ccn(C)n1)c1nccs1. The van der Waals surface area contributed by atoms with Crippen LogP contribution in [0.2, 0.25) is 0 Å². The van der Waals surface area contributed by atoms with E-state index >= 15 is 0 Å². The molecule has 0 amide bonds. The van der Waals surface area contributed by atoms with Gasteiger partial charge in [-0.1, -0.05) is 6.92 Å². The lowest BCUT2D eigenvalue weighted by atomic mass is 10.2. The third kappa shape index (κ3) is 2.90. The lowest BCUT2D eigenvalue weighted by Crippen LogP contribution is -2.19. The molecule has 1 unspecified atom stereocenters. The predicted molar refractivity (Wildman–Crippen MR) is 65.4 cm³/mol. The molecule has 2 rings (SSSR count). The highest BCUT2D eigenvalue weighted by atomic mass is 32.1. The topological polar surface area (TPSA) is 42.7 Å².